The highest BCUT2D eigenvalue weighted by molar-refractivity contribution is 5.94. The Morgan fingerprint density at radius 3 is 2.52 bits per heavy atom. The van der Waals surface area contributed by atoms with Crippen molar-refractivity contribution in [1.29, 1.82) is 0 Å². The highest BCUT2D eigenvalue weighted by atomic mass is 16.2. The van der Waals surface area contributed by atoms with E-state index in [1.54, 1.807) is 0 Å². The largest absolute Gasteiger partial charge is 0.376 e. The minimum absolute atomic E-state index is 0.0759. The van der Waals surface area contributed by atoms with Gasteiger partial charge >= 0.3 is 0 Å². The first-order chi connectivity index (χ1) is 12.1. The molecule has 130 valence electrons. The smallest absolute Gasteiger partial charge is 0.239 e. The Balaban J connectivity index is 1.45. The lowest BCUT2D eigenvalue weighted by Crippen LogP contribution is -2.29. The van der Waals surface area contributed by atoms with E-state index in [4.69, 9.17) is 0 Å². The van der Waals surface area contributed by atoms with Gasteiger partial charge in [0.05, 0.1) is 6.54 Å². The first kappa shape index (κ1) is 17.0. The normalized spacial score (nSPS) is 13.2. The van der Waals surface area contributed by atoms with Crippen molar-refractivity contribution in [1.82, 2.24) is 5.32 Å². The van der Waals surface area contributed by atoms with Gasteiger partial charge in [-0.1, -0.05) is 29.8 Å². The molecule has 1 saturated carbocycles. The van der Waals surface area contributed by atoms with Gasteiger partial charge < -0.3 is 16.0 Å². The highest BCUT2D eigenvalue weighted by Gasteiger charge is 2.29. The Hall–Kier alpha value is -2.82. The second-order valence-corrected chi connectivity index (χ2v) is 6.46. The number of anilines is 2. The van der Waals surface area contributed by atoms with Crippen LogP contribution < -0.4 is 16.0 Å². The molecule has 1 fully saturated rings. The molecule has 2 aromatic carbocycles. The lowest BCUT2D eigenvalue weighted by molar-refractivity contribution is -0.119. The number of hydrogen-bond donors (Lipinski definition) is 3. The Kier molecular flexibility index (Phi) is 5.33. The van der Waals surface area contributed by atoms with Crippen LogP contribution in [0.4, 0.5) is 11.4 Å². The van der Waals surface area contributed by atoms with Crippen molar-refractivity contribution in [3.8, 4) is 0 Å². The number of carbonyl (C=O) groups is 2. The van der Waals surface area contributed by atoms with Gasteiger partial charge in [0.2, 0.25) is 11.8 Å². The second-order valence-electron chi connectivity index (χ2n) is 6.46. The van der Waals surface area contributed by atoms with E-state index in [0.29, 0.717) is 6.54 Å². The molecule has 0 atom stereocenters. The number of nitrogens with one attached hydrogen (secondary N) is 3. The van der Waals surface area contributed by atoms with Crippen molar-refractivity contribution in [3.05, 3.63) is 59.7 Å². The van der Waals surface area contributed by atoms with E-state index in [0.717, 1.165) is 29.8 Å². The quantitative estimate of drug-likeness (QED) is 0.727. The number of hydrogen-bond acceptors (Lipinski definition) is 3. The molecule has 3 rings (SSSR count). The zero-order chi connectivity index (χ0) is 17.6. The second kappa shape index (κ2) is 7.83. The summed E-state index contributed by atoms with van der Waals surface area (Å²) in [5.41, 5.74) is 3.84. The maximum atomic E-state index is 12.0. The van der Waals surface area contributed by atoms with Crippen molar-refractivity contribution in [2.45, 2.75) is 26.3 Å². The molecule has 25 heavy (non-hydrogen) atoms. The standard InChI is InChI=1S/C20H23N3O2/c1-14-5-9-17(10-6-14)21-13-19(24)22-12-15-3-2-4-18(11-15)23-20(25)16-7-8-16/h2-6,9-11,16,21H,7-8,12-13H2,1H3,(H,22,24)(H,23,25). The fourth-order valence-corrected chi connectivity index (χ4v) is 2.47. The molecule has 0 aromatic heterocycles. The van der Waals surface area contributed by atoms with Crippen LogP contribution in [0.3, 0.4) is 0 Å². The summed E-state index contributed by atoms with van der Waals surface area (Å²) in [6.45, 7) is 2.68. The van der Waals surface area contributed by atoms with Crippen molar-refractivity contribution in [2.24, 2.45) is 5.92 Å². The molecule has 0 spiro atoms. The van der Waals surface area contributed by atoms with Gasteiger partial charge in [-0.2, -0.15) is 0 Å². The molecule has 3 N–H and O–H groups in total. The van der Waals surface area contributed by atoms with E-state index in [-0.39, 0.29) is 24.3 Å². The van der Waals surface area contributed by atoms with E-state index >= 15 is 0 Å². The summed E-state index contributed by atoms with van der Waals surface area (Å²) in [4.78, 5) is 23.8. The molecular formula is C20H23N3O2. The molecule has 0 radical (unpaired) electrons. The van der Waals surface area contributed by atoms with Crippen LogP contribution in [0.2, 0.25) is 0 Å². The molecule has 0 bridgehead atoms. The van der Waals surface area contributed by atoms with Crippen LogP contribution in [-0.2, 0) is 16.1 Å². The van der Waals surface area contributed by atoms with Gasteiger partial charge in [0.1, 0.15) is 0 Å². The van der Waals surface area contributed by atoms with Gasteiger partial charge in [-0.3, -0.25) is 9.59 Å². The van der Waals surface area contributed by atoms with E-state index in [1.807, 2.05) is 55.5 Å². The molecule has 0 saturated heterocycles. The fourth-order valence-electron chi connectivity index (χ4n) is 2.47. The van der Waals surface area contributed by atoms with Gasteiger partial charge in [0.25, 0.3) is 0 Å². The first-order valence-electron chi connectivity index (χ1n) is 8.57. The van der Waals surface area contributed by atoms with Crippen LogP contribution in [0, 0.1) is 12.8 Å². The zero-order valence-electron chi connectivity index (χ0n) is 14.3. The minimum Gasteiger partial charge on any atom is -0.376 e. The Labute approximate surface area is 147 Å². The van der Waals surface area contributed by atoms with Crippen LogP contribution in [0.1, 0.15) is 24.0 Å². The summed E-state index contributed by atoms with van der Waals surface area (Å²) in [6.07, 6.45) is 1.96. The van der Waals surface area contributed by atoms with Gasteiger partial charge in [0.15, 0.2) is 0 Å². The van der Waals surface area contributed by atoms with Crippen LogP contribution in [0.15, 0.2) is 48.5 Å². The van der Waals surface area contributed by atoms with E-state index in [1.165, 1.54) is 5.56 Å². The predicted molar refractivity (Wildman–Crippen MR) is 99.3 cm³/mol. The van der Waals surface area contributed by atoms with Gasteiger partial charge in [-0.15, -0.1) is 0 Å². The molecule has 5 nitrogen and oxygen atoms in total. The number of benzene rings is 2. The molecule has 1 aliphatic rings. The molecule has 2 aromatic rings. The molecule has 5 heteroatoms. The summed E-state index contributed by atoms with van der Waals surface area (Å²) in [7, 11) is 0. The maximum Gasteiger partial charge on any atom is 0.239 e. The van der Waals surface area contributed by atoms with Crippen LogP contribution >= 0.6 is 0 Å². The highest BCUT2D eigenvalue weighted by Crippen LogP contribution is 2.30. The van der Waals surface area contributed by atoms with Crippen molar-refractivity contribution >= 4 is 23.2 Å². The molecular weight excluding hydrogens is 314 g/mol. The number of aryl methyl sites for hydroxylation is 1. The SMILES string of the molecule is Cc1ccc(NCC(=O)NCc2cccc(NC(=O)C3CC3)c2)cc1. The lowest BCUT2D eigenvalue weighted by atomic mass is 10.2. The maximum absolute atomic E-state index is 12.0. The summed E-state index contributed by atoms with van der Waals surface area (Å²) < 4.78 is 0. The van der Waals surface area contributed by atoms with Gasteiger partial charge in [-0.25, -0.2) is 0 Å². The monoisotopic (exact) mass is 337 g/mol. The van der Waals surface area contributed by atoms with Crippen molar-refractivity contribution < 1.29 is 9.59 Å². The zero-order valence-corrected chi connectivity index (χ0v) is 14.3. The lowest BCUT2D eigenvalue weighted by Gasteiger charge is -2.10. The molecule has 0 unspecified atom stereocenters. The topological polar surface area (TPSA) is 70.2 Å². The average Bonchev–Trinajstić information content (AvgIpc) is 3.45. The third-order valence-electron chi connectivity index (χ3n) is 4.14. The van der Waals surface area contributed by atoms with Gasteiger partial charge in [0, 0.05) is 23.8 Å². The summed E-state index contributed by atoms with van der Waals surface area (Å²) >= 11 is 0. The predicted octanol–water partition coefficient (Wildman–Crippen LogP) is 3.07. The Bertz CT molecular complexity index is 752. The van der Waals surface area contributed by atoms with Gasteiger partial charge in [-0.05, 0) is 49.6 Å². The number of carbonyl (C=O) groups excluding carboxylic acids is 2. The number of rotatable bonds is 7. The summed E-state index contributed by atoms with van der Waals surface area (Å²) in [5, 5.41) is 8.90. The molecule has 0 aliphatic heterocycles. The first-order valence-corrected chi connectivity index (χ1v) is 8.57. The van der Waals surface area contributed by atoms with Crippen molar-refractivity contribution in [2.75, 3.05) is 17.2 Å². The molecule has 2 amide bonds. The summed E-state index contributed by atoms with van der Waals surface area (Å²) in [5.74, 6) is 0.188. The number of amides is 2. The van der Waals surface area contributed by atoms with E-state index in [2.05, 4.69) is 16.0 Å². The summed E-state index contributed by atoms with van der Waals surface area (Å²) in [6, 6.07) is 15.5. The van der Waals surface area contributed by atoms with E-state index in [9.17, 15) is 9.59 Å². The minimum atomic E-state index is -0.0759. The fraction of sp³-hybridized carbons (Fsp3) is 0.300. The van der Waals surface area contributed by atoms with Crippen LogP contribution in [0.25, 0.3) is 0 Å². The van der Waals surface area contributed by atoms with Crippen LogP contribution in [0.5, 0.6) is 0 Å². The third kappa shape index (κ3) is 5.35. The van der Waals surface area contributed by atoms with Crippen LogP contribution in [-0.4, -0.2) is 18.4 Å². The molecule has 1 aliphatic carbocycles. The molecule has 0 heterocycles. The van der Waals surface area contributed by atoms with Crippen molar-refractivity contribution in [3.63, 3.8) is 0 Å². The van der Waals surface area contributed by atoms with E-state index < -0.39 is 0 Å². The third-order valence-corrected chi connectivity index (χ3v) is 4.14. The average molecular weight is 337 g/mol. The Morgan fingerprint density at radius 2 is 1.80 bits per heavy atom. The Morgan fingerprint density at radius 1 is 1.04 bits per heavy atom.